The summed E-state index contributed by atoms with van der Waals surface area (Å²) in [6.45, 7) is -0.0184. The first-order chi connectivity index (χ1) is 13.7. The molecule has 3 N–H and O–H groups in total. The van der Waals surface area contributed by atoms with Crippen molar-refractivity contribution >= 4 is 34.4 Å². The van der Waals surface area contributed by atoms with E-state index in [-0.39, 0.29) is 21.7 Å². The third kappa shape index (κ3) is 4.86. The Hall–Kier alpha value is -3.08. The highest BCUT2D eigenvalue weighted by Gasteiger charge is 2.29. The molecule has 0 aliphatic rings. The fraction of sp³-hybridized carbons (Fsp3) is 0.294. The lowest BCUT2D eigenvalue weighted by Gasteiger charge is -2.17. The summed E-state index contributed by atoms with van der Waals surface area (Å²) in [5.41, 5.74) is 1.19. The molecule has 1 amide bonds. The molecule has 29 heavy (non-hydrogen) atoms. The number of nitrogens with one attached hydrogen (secondary N) is 3. The Kier molecular flexibility index (Phi) is 5.78. The van der Waals surface area contributed by atoms with Crippen molar-refractivity contribution in [2.45, 2.75) is 19.1 Å². The van der Waals surface area contributed by atoms with E-state index in [4.69, 9.17) is 16.3 Å². The van der Waals surface area contributed by atoms with Crippen LogP contribution in [0.3, 0.4) is 0 Å². The molecule has 0 fully saturated rings. The average molecular weight is 435 g/mol. The van der Waals surface area contributed by atoms with Gasteiger partial charge in [-0.05, 0) is 13.0 Å². The number of pyridine rings is 1. The first-order valence-corrected chi connectivity index (χ1v) is 8.71. The topological polar surface area (TPSA) is 105 Å². The summed E-state index contributed by atoms with van der Waals surface area (Å²) in [7, 11) is 1.38. The Labute approximate surface area is 172 Å². The molecule has 160 valence electrons. The summed E-state index contributed by atoms with van der Waals surface area (Å²) in [4.78, 5) is 27.7. The molecule has 0 aromatic carbocycles. The van der Waals surface area contributed by atoms with E-state index < -0.39 is 24.7 Å². The number of carbonyl (C=O) groups excluding carboxylic acids is 1. The molecule has 8 nitrogen and oxygen atoms in total. The van der Waals surface area contributed by atoms with E-state index in [1.807, 2.05) is 5.32 Å². The number of methoxy groups -OCH3 is 1. The molecule has 0 saturated carbocycles. The van der Waals surface area contributed by atoms with Gasteiger partial charge in [0.15, 0.2) is 17.4 Å². The van der Waals surface area contributed by atoms with E-state index in [0.717, 1.165) is 0 Å². The molecular formula is C17H22ClF3N6O2. The summed E-state index contributed by atoms with van der Waals surface area (Å²) >= 11 is 6.01. The van der Waals surface area contributed by atoms with Gasteiger partial charge in [0, 0.05) is 27.6 Å². The zero-order chi connectivity index (χ0) is 21.2. The third-order valence-corrected chi connectivity index (χ3v) is 4.13. The number of anilines is 1. The highest BCUT2D eigenvalue weighted by atomic mass is 35.5. The van der Waals surface area contributed by atoms with Crippen LogP contribution in [-0.4, -0.2) is 51.7 Å². The lowest BCUT2D eigenvalue weighted by molar-refractivity contribution is -0.138. The van der Waals surface area contributed by atoms with Crippen LogP contribution >= 0.6 is 11.6 Å². The number of fused-ring (bicyclic) bond motifs is 1. The maximum atomic E-state index is 12.3. The lowest BCUT2D eigenvalue weighted by Crippen LogP contribution is -2.42. The van der Waals surface area contributed by atoms with Gasteiger partial charge in [-0.3, -0.25) is 4.79 Å². The average Bonchev–Trinajstić information content (AvgIpc) is 3.08. The van der Waals surface area contributed by atoms with Crippen molar-refractivity contribution in [1.82, 2.24) is 25.3 Å². The molecule has 0 spiro atoms. The van der Waals surface area contributed by atoms with Gasteiger partial charge in [0.05, 0.1) is 18.3 Å². The maximum Gasteiger partial charge on any atom is 0.405 e. The quantitative estimate of drug-likeness (QED) is 0.543. The Morgan fingerprint density at radius 1 is 1.38 bits per heavy atom. The zero-order valence-corrected chi connectivity index (χ0v) is 16.0. The number of aromatic nitrogens is 4. The molecule has 12 heteroatoms. The number of alkyl halides is 3. The Bertz CT molecular complexity index is 1050. The van der Waals surface area contributed by atoms with Crippen molar-refractivity contribution in [1.29, 1.82) is 0 Å². The van der Waals surface area contributed by atoms with Gasteiger partial charge in [0.2, 0.25) is 5.91 Å². The fourth-order valence-corrected chi connectivity index (χ4v) is 2.69. The zero-order valence-electron chi connectivity index (χ0n) is 15.3. The largest absolute Gasteiger partial charge is 0.491 e. The number of halogens is 4. The predicted molar refractivity (Wildman–Crippen MR) is 107 cm³/mol. The standard InChI is InChI=1S/C17H16ClF3N6O2.3H2/c1-8(16(28)25-7-17(19,20)21)26-15-12(29-2)6-24-14(27-15)11-5-23-13-10(11)3-9(18)4-22-13;;;/h3-6,8H,7H2,1-2H3,(H,22,23)(H,25,28)(H,24,26,27);3*1H/t8-;;;/m0.../s1. The minimum Gasteiger partial charge on any atom is -0.491 e. The number of hydrogen-bond donors (Lipinski definition) is 3. The molecule has 1 atom stereocenters. The van der Waals surface area contributed by atoms with Gasteiger partial charge in [-0.2, -0.15) is 13.2 Å². The molecular weight excluding hydrogens is 413 g/mol. The highest BCUT2D eigenvalue weighted by Crippen LogP contribution is 2.30. The van der Waals surface area contributed by atoms with Gasteiger partial charge in [-0.25, -0.2) is 15.0 Å². The second kappa shape index (κ2) is 8.11. The molecule has 0 unspecified atom stereocenters. The Balaban J connectivity index is 0.00000320. The minimum absolute atomic E-state index is 0. The van der Waals surface area contributed by atoms with Gasteiger partial charge in [0.1, 0.15) is 18.2 Å². The number of H-pyrrole nitrogens is 1. The summed E-state index contributed by atoms with van der Waals surface area (Å²) in [6.07, 6.45) is 0.0357. The third-order valence-electron chi connectivity index (χ3n) is 3.92. The molecule has 0 bridgehead atoms. The van der Waals surface area contributed by atoms with Crippen molar-refractivity contribution in [3.8, 4) is 17.1 Å². The predicted octanol–water partition coefficient (Wildman–Crippen LogP) is 3.90. The normalized spacial score (nSPS) is 12.6. The van der Waals surface area contributed by atoms with Crippen LogP contribution < -0.4 is 15.4 Å². The maximum absolute atomic E-state index is 12.3. The molecule has 3 aromatic rings. The van der Waals surface area contributed by atoms with Crippen LogP contribution in [0.4, 0.5) is 19.0 Å². The van der Waals surface area contributed by atoms with E-state index in [2.05, 4.69) is 25.3 Å². The van der Waals surface area contributed by atoms with Gasteiger partial charge < -0.3 is 20.4 Å². The molecule has 0 aliphatic carbocycles. The number of rotatable bonds is 6. The molecule has 3 rings (SSSR count). The van der Waals surface area contributed by atoms with Gasteiger partial charge in [0.25, 0.3) is 0 Å². The number of hydrogen-bond acceptors (Lipinski definition) is 6. The molecule has 0 saturated heterocycles. The van der Waals surface area contributed by atoms with E-state index in [9.17, 15) is 18.0 Å². The fourth-order valence-electron chi connectivity index (χ4n) is 2.53. The minimum atomic E-state index is -4.50. The number of ether oxygens (including phenoxy) is 1. The molecule has 0 aliphatic heterocycles. The summed E-state index contributed by atoms with van der Waals surface area (Å²) in [6, 6.07) is 0.692. The van der Waals surface area contributed by atoms with Crippen LogP contribution in [0.25, 0.3) is 22.4 Å². The second-order valence-electron chi connectivity index (χ2n) is 6.06. The number of carbonyl (C=O) groups is 1. The molecule has 0 radical (unpaired) electrons. The van der Waals surface area contributed by atoms with Crippen LogP contribution in [0.2, 0.25) is 5.02 Å². The van der Waals surface area contributed by atoms with Crippen LogP contribution in [0, 0.1) is 0 Å². The van der Waals surface area contributed by atoms with Crippen molar-refractivity contribution in [3.63, 3.8) is 0 Å². The molecule has 3 aromatic heterocycles. The number of nitrogens with zero attached hydrogens (tertiary/aromatic N) is 3. The smallest absolute Gasteiger partial charge is 0.405 e. The first kappa shape index (κ1) is 20.6. The van der Waals surface area contributed by atoms with Crippen molar-refractivity contribution in [2.75, 3.05) is 19.0 Å². The lowest BCUT2D eigenvalue weighted by atomic mass is 10.2. The Morgan fingerprint density at radius 2 is 2.14 bits per heavy atom. The summed E-state index contributed by atoms with van der Waals surface area (Å²) in [5, 5.41) is 5.68. The monoisotopic (exact) mass is 434 g/mol. The Morgan fingerprint density at radius 3 is 2.83 bits per heavy atom. The van der Waals surface area contributed by atoms with Gasteiger partial charge in [-0.15, -0.1) is 0 Å². The summed E-state index contributed by atoms with van der Waals surface area (Å²) in [5.74, 6) is -0.184. The van der Waals surface area contributed by atoms with Gasteiger partial charge >= 0.3 is 6.18 Å². The first-order valence-electron chi connectivity index (χ1n) is 8.33. The van der Waals surface area contributed by atoms with Crippen molar-refractivity contribution in [2.24, 2.45) is 0 Å². The van der Waals surface area contributed by atoms with Crippen LogP contribution in [0.5, 0.6) is 5.75 Å². The van der Waals surface area contributed by atoms with Crippen LogP contribution in [-0.2, 0) is 4.79 Å². The summed E-state index contributed by atoms with van der Waals surface area (Å²) < 4.78 is 42.1. The van der Waals surface area contributed by atoms with E-state index >= 15 is 0 Å². The molecule has 3 heterocycles. The second-order valence-corrected chi connectivity index (χ2v) is 6.50. The SMILES string of the molecule is COc1cnc(-c2c[nH]c3ncc(Cl)cc23)nc1N[C@@H](C)C(=O)NCC(F)(F)F.[HH].[HH].[HH]. The highest BCUT2D eigenvalue weighted by molar-refractivity contribution is 6.31. The van der Waals surface area contributed by atoms with Crippen LogP contribution in [0.15, 0.2) is 24.7 Å². The van der Waals surface area contributed by atoms with E-state index in [0.29, 0.717) is 21.6 Å². The van der Waals surface area contributed by atoms with E-state index in [1.165, 1.54) is 26.4 Å². The number of aromatic amines is 1. The van der Waals surface area contributed by atoms with Crippen molar-refractivity contribution < 1.29 is 27.0 Å². The van der Waals surface area contributed by atoms with Gasteiger partial charge in [-0.1, -0.05) is 11.6 Å². The number of amides is 1. The van der Waals surface area contributed by atoms with E-state index in [1.54, 1.807) is 12.3 Å². The van der Waals surface area contributed by atoms with Crippen LogP contribution in [0.1, 0.15) is 11.2 Å². The van der Waals surface area contributed by atoms with Crippen molar-refractivity contribution in [3.05, 3.63) is 29.7 Å².